The van der Waals surface area contributed by atoms with E-state index >= 15 is 0 Å². The topological polar surface area (TPSA) is 72.7 Å². The van der Waals surface area contributed by atoms with E-state index in [9.17, 15) is 4.79 Å². The highest BCUT2D eigenvalue weighted by molar-refractivity contribution is 8.00. The van der Waals surface area contributed by atoms with Crippen LogP contribution >= 0.6 is 23.4 Å². The predicted molar refractivity (Wildman–Crippen MR) is 109 cm³/mol. The monoisotopic (exact) mass is 401 g/mol. The number of thioether (sulfide) groups is 1. The molecule has 0 spiro atoms. The summed E-state index contributed by atoms with van der Waals surface area (Å²) in [5.74, 6) is -0.138. The molecule has 1 atom stereocenters. The van der Waals surface area contributed by atoms with Crippen LogP contribution in [-0.2, 0) is 4.79 Å². The van der Waals surface area contributed by atoms with Crippen LogP contribution in [0.15, 0.2) is 41.6 Å². The predicted octanol–water partition coefficient (Wildman–Crippen LogP) is 4.36. The first-order chi connectivity index (χ1) is 12.9. The summed E-state index contributed by atoms with van der Waals surface area (Å²) in [6.07, 6.45) is 0. The van der Waals surface area contributed by atoms with Crippen LogP contribution in [0.5, 0.6) is 0 Å². The van der Waals surface area contributed by atoms with Crippen molar-refractivity contribution in [2.24, 2.45) is 0 Å². The summed E-state index contributed by atoms with van der Waals surface area (Å²) in [6.45, 7) is 7.74. The van der Waals surface area contributed by atoms with Gasteiger partial charge in [0.05, 0.1) is 10.9 Å². The molecule has 0 bridgehead atoms. The highest BCUT2D eigenvalue weighted by Crippen LogP contribution is 2.27. The summed E-state index contributed by atoms with van der Waals surface area (Å²) >= 11 is 7.42. The number of nitrogens with zero attached hydrogens (tertiary/aromatic N) is 4. The summed E-state index contributed by atoms with van der Waals surface area (Å²) < 4.78 is 1.66. The first kappa shape index (κ1) is 19.4. The summed E-state index contributed by atoms with van der Waals surface area (Å²) in [4.78, 5) is 12.6. The van der Waals surface area contributed by atoms with Crippen LogP contribution in [0.25, 0.3) is 5.69 Å². The van der Waals surface area contributed by atoms with Crippen molar-refractivity contribution < 1.29 is 4.79 Å². The van der Waals surface area contributed by atoms with Gasteiger partial charge in [0.1, 0.15) is 0 Å². The number of nitrogens with one attached hydrogen (secondary N) is 1. The van der Waals surface area contributed by atoms with E-state index < -0.39 is 0 Å². The zero-order valence-corrected chi connectivity index (χ0v) is 17.1. The number of hydrogen-bond donors (Lipinski definition) is 1. The van der Waals surface area contributed by atoms with Crippen LogP contribution < -0.4 is 5.32 Å². The fourth-order valence-corrected chi connectivity index (χ4v) is 3.61. The fourth-order valence-electron chi connectivity index (χ4n) is 2.64. The molecule has 0 radical (unpaired) electrons. The van der Waals surface area contributed by atoms with Crippen LogP contribution in [0.4, 0.5) is 5.69 Å². The number of aromatic nitrogens is 4. The summed E-state index contributed by atoms with van der Waals surface area (Å²) in [7, 11) is 0. The van der Waals surface area contributed by atoms with Crippen LogP contribution in [0.1, 0.15) is 23.6 Å². The maximum absolute atomic E-state index is 12.6. The van der Waals surface area contributed by atoms with Gasteiger partial charge < -0.3 is 5.32 Å². The molecule has 0 unspecified atom stereocenters. The van der Waals surface area contributed by atoms with E-state index in [1.807, 2.05) is 52.0 Å². The Kier molecular flexibility index (Phi) is 5.82. The molecule has 0 aliphatic heterocycles. The smallest absolute Gasteiger partial charge is 0.237 e. The number of tetrazole rings is 1. The van der Waals surface area contributed by atoms with Gasteiger partial charge in [-0.1, -0.05) is 47.1 Å². The van der Waals surface area contributed by atoms with E-state index in [0.717, 1.165) is 16.8 Å². The lowest BCUT2D eigenvalue weighted by Gasteiger charge is -2.14. The first-order valence-electron chi connectivity index (χ1n) is 8.45. The molecule has 1 aromatic heterocycles. The van der Waals surface area contributed by atoms with Gasteiger partial charge in [-0.05, 0) is 67.4 Å². The Balaban J connectivity index is 1.77. The Labute approximate surface area is 167 Å². The maximum Gasteiger partial charge on any atom is 0.237 e. The van der Waals surface area contributed by atoms with Crippen molar-refractivity contribution in [1.82, 2.24) is 20.2 Å². The van der Waals surface area contributed by atoms with Gasteiger partial charge in [0.2, 0.25) is 11.1 Å². The molecule has 140 valence electrons. The Morgan fingerprint density at radius 1 is 1.22 bits per heavy atom. The van der Waals surface area contributed by atoms with Gasteiger partial charge in [0.25, 0.3) is 0 Å². The molecule has 0 aliphatic rings. The van der Waals surface area contributed by atoms with E-state index in [2.05, 4.69) is 26.9 Å². The number of anilines is 1. The van der Waals surface area contributed by atoms with Crippen molar-refractivity contribution >= 4 is 35.0 Å². The highest BCUT2D eigenvalue weighted by atomic mass is 35.5. The number of halogens is 1. The quantitative estimate of drug-likeness (QED) is 0.643. The third-order valence-electron chi connectivity index (χ3n) is 4.20. The van der Waals surface area contributed by atoms with Gasteiger partial charge in [-0.25, -0.2) is 0 Å². The van der Waals surface area contributed by atoms with E-state index in [1.165, 1.54) is 17.3 Å². The Morgan fingerprint density at radius 2 is 2.00 bits per heavy atom. The second-order valence-corrected chi connectivity index (χ2v) is 8.04. The standard InChI is InChI=1S/C19H20ClN5OS/c1-11-8-9-17(12(2)10-11)25-19(22-23-24-25)27-14(4)18(26)21-16-7-5-6-15(20)13(16)3/h5-10,14H,1-4H3,(H,21,26)/t14-/m1/s1. The molecule has 0 saturated carbocycles. The normalized spacial score (nSPS) is 12.0. The maximum atomic E-state index is 12.6. The largest absolute Gasteiger partial charge is 0.325 e. The van der Waals surface area contributed by atoms with Crippen molar-refractivity contribution in [3.05, 3.63) is 58.1 Å². The SMILES string of the molecule is Cc1ccc(-n2nnnc2S[C@H](C)C(=O)Nc2cccc(Cl)c2C)c(C)c1. The Hall–Kier alpha value is -2.38. The lowest BCUT2D eigenvalue weighted by atomic mass is 10.1. The number of carbonyl (C=O) groups excluding carboxylic acids is 1. The molecule has 2 aromatic carbocycles. The molecule has 27 heavy (non-hydrogen) atoms. The second-order valence-electron chi connectivity index (χ2n) is 6.32. The zero-order chi connectivity index (χ0) is 19.6. The summed E-state index contributed by atoms with van der Waals surface area (Å²) in [5, 5.41) is 15.7. The summed E-state index contributed by atoms with van der Waals surface area (Å²) in [6, 6.07) is 11.5. The molecule has 0 aliphatic carbocycles. The van der Waals surface area contributed by atoms with E-state index in [-0.39, 0.29) is 11.2 Å². The average molecular weight is 402 g/mol. The lowest BCUT2D eigenvalue weighted by Crippen LogP contribution is -2.23. The summed E-state index contributed by atoms with van der Waals surface area (Å²) in [5.41, 5.74) is 4.67. The molecule has 3 rings (SSSR count). The number of rotatable bonds is 5. The van der Waals surface area contributed by atoms with Gasteiger partial charge in [0.15, 0.2) is 0 Å². The number of aryl methyl sites for hydroxylation is 2. The molecule has 3 aromatic rings. The molecule has 1 heterocycles. The number of amides is 1. The zero-order valence-electron chi connectivity index (χ0n) is 15.5. The second kappa shape index (κ2) is 8.10. The molecule has 6 nitrogen and oxygen atoms in total. The third kappa shape index (κ3) is 4.31. The molecule has 8 heteroatoms. The number of benzene rings is 2. The van der Waals surface area contributed by atoms with Gasteiger partial charge in [-0.2, -0.15) is 4.68 Å². The van der Waals surface area contributed by atoms with Crippen LogP contribution in [0.2, 0.25) is 5.02 Å². The average Bonchev–Trinajstić information content (AvgIpc) is 3.06. The van der Waals surface area contributed by atoms with Crippen LogP contribution in [0, 0.1) is 20.8 Å². The van der Waals surface area contributed by atoms with Crippen LogP contribution in [-0.4, -0.2) is 31.4 Å². The molecular formula is C19H20ClN5OS. The van der Waals surface area contributed by atoms with Crippen molar-refractivity contribution in [2.45, 2.75) is 38.1 Å². The van der Waals surface area contributed by atoms with Crippen molar-refractivity contribution in [1.29, 1.82) is 0 Å². The van der Waals surface area contributed by atoms with Gasteiger partial charge >= 0.3 is 0 Å². The molecule has 1 amide bonds. The highest BCUT2D eigenvalue weighted by Gasteiger charge is 2.20. The molecular weight excluding hydrogens is 382 g/mol. The van der Waals surface area contributed by atoms with Crippen molar-refractivity contribution in [3.8, 4) is 5.69 Å². The minimum absolute atomic E-state index is 0.138. The third-order valence-corrected chi connectivity index (χ3v) is 5.64. The van der Waals surface area contributed by atoms with Crippen molar-refractivity contribution in [3.63, 3.8) is 0 Å². The van der Waals surface area contributed by atoms with Gasteiger partial charge in [-0.15, -0.1) is 5.10 Å². The van der Waals surface area contributed by atoms with Gasteiger partial charge in [0, 0.05) is 10.7 Å². The number of carbonyl (C=O) groups is 1. The Morgan fingerprint density at radius 3 is 2.74 bits per heavy atom. The van der Waals surface area contributed by atoms with Gasteiger partial charge in [-0.3, -0.25) is 4.79 Å². The molecule has 1 N–H and O–H groups in total. The van der Waals surface area contributed by atoms with Crippen molar-refractivity contribution in [2.75, 3.05) is 5.32 Å². The fraction of sp³-hybridized carbons (Fsp3) is 0.263. The Bertz CT molecular complexity index is 988. The van der Waals surface area contributed by atoms with E-state index in [0.29, 0.717) is 15.9 Å². The first-order valence-corrected chi connectivity index (χ1v) is 9.71. The van der Waals surface area contributed by atoms with Crippen LogP contribution in [0.3, 0.4) is 0 Å². The van der Waals surface area contributed by atoms with E-state index in [4.69, 9.17) is 11.6 Å². The minimum Gasteiger partial charge on any atom is -0.325 e. The molecule has 0 fully saturated rings. The number of hydrogen-bond acceptors (Lipinski definition) is 5. The minimum atomic E-state index is -0.390. The molecule has 0 saturated heterocycles. The van der Waals surface area contributed by atoms with E-state index in [1.54, 1.807) is 10.7 Å². The lowest BCUT2D eigenvalue weighted by molar-refractivity contribution is -0.115.